The number of ether oxygens (including phenoxy) is 1. The molecule has 1 fully saturated rings. The van der Waals surface area contributed by atoms with Crippen molar-refractivity contribution in [3.05, 3.63) is 41.3 Å². The summed E-state index contributed by atoms with van der Waals surface area (Å²) in [5.41, 5.74) is 2.93. The number of amides is 2. The Hall–Kier alpha value is -2.83. The summed E-state index contributed by atoms with van der Waals surface area (Å²) in [5.74, 6) is 2.59. The van der Waals surface area contributed by atoms with Gasteiger partial charge in [0.2, 0.25) is 0 Å². The topological polar surface area (TPSA) is 70.6 Å². The van der Waals surface area contributed by atoms with E-state index in [1.54, 1.807) is 7.11 Å². The zero-order valence-corrected chi connectivity index (χ0v) is 15.9. The van der Waals surface area contributed by atoms with Gasteiger partial charge in [0.1, 0.15) is 17.4 Å². The number of aryl methyl sites for hydroxylation is 1. The number of benzene rings is 1. The fourth-order valence-corrected chi connectivity index (χ4v) is 3.76. The fourth-order valence-electron chi connectivity index (χ4n) is 3.76. The van der Waals surface area contributed by atoms with Crippen molar-refractivity contribution >= 4 is 17.5 Å². The number of fused-ring (bicyclic) bond motifs is 1. The van der Waals surface area contributed by atoms with Crippen LogP contribution in [0.3, 0.4) is 0 Å². The molecule has 2 aliphatic rings. The molecule has 1 N–H and O–H groups in total. The molecule has 0 bridgehead atoms. The van der Waals surface area contributed by atoms with Crippen LogP contribution in [0, 0.1) is 6.92 Å². The Morgan fingerprint density at radius 2 is 1.85 bits per heavy atom. The lowest BCUT2D eigenvalue weighted by molar-refractivity contribution is 0.206. The Bertz CT molecular complexity index is 831. The summed E-state index contributed by atoms with van der Waals surface area (Å²) >= 11 is 0. The third-order valence-corrected chi connectivity index (χ3v) is 5.18. The van der Waals surface area contributed by atoms with Gasteiger partial charge in [-0.05, 0) is 44.0 Å². The zero-order valence-electron chi connectivity index (χ0n) is 15.9. The third-order valence-electron chi connectivity index (χ3n) is 5.18. The molecule has 0 spiro atoms. The van der Waals surface area contributed by atoms with E-state index >= 15 is 0 Å². The van der Waals surface area contributed by atoms with Gasteiger partial charge in [-0.1, -0.05) is 0 Å². The van der Waals surface area contributed by atoms with Crippen LogP contribution in [0.25, 0.3) is 0 Å². The van der Waals surface area contributed by atoms with Crippen LogP contribution in [-0.2, 0) is 13.0 Å². The van der Waals surface area contributed by atoms with Crippen LogP contribution in [0.15, 0.2) is 24.3 Å². The van der Waals surface area contributed by atoms with Crippen molar-refractivity contribution in [3.63, 3.8) is 0 Å². The predicted molar refractivity (Wildman–Crippen MR) is 104 cm³/mol. The van der Waals surface area contributed by atoms with Crippen molar-refractivity contribution in [3.8, 4) is 5.75 Å². The highest BCUT2D eigenvalue weighted by molar-refractivity contribution is 5.89. The highest BCUT2D eigenvalue weighted by Crippen LogP contribution is 2.29. The van der Waals surface area contributed by atoms with Gasteiger partial charge in [0.15, 0.2) is 0 Å². The lowest BCUT2D eigenvalue weighted by Gasteiger charge is -2.31. The molecular weight excluding hydrogens is 342 g/mol. The number of anilines is 2. The maximum atomic E-state index is 12.8. The maximum absolute atomic E-state index is 12.8. The Balaban J connectivity index is 1.52. The fraction of sp³-hybridized carbons (Fsp3) is 0.450. The molecule has 1 saturated heterocycles. The highest BCUT2D eigenvalue weighted by Gasteiger charge is 2.28. The maximum Gasteiger partial charge on any atom is 0.322 e. The van der Waals surface area contributed by atoms with Crippen LogP contribution < -0.4 is 15.0 Å². The summed E-state index contributed by atoms with van der Waals surface area (Å²) in [4.78, 5) is 26.3. The first-order chi connectivity index (χ1) is 13.1. The summed E-state index contributed by atoms with van der Waals surface area (Å²) in [6, 6.07) is 7.26. The lowest BCUT2D eigenvalue weighted by atomic mass is 10.1. The first kappa shape index (κ1) is 17.6. The number of methoxy groups -OCH3 is 1. The molecule has 2 amide bonds. The molecule has 27 heavy (non-hydrogen) atoms. The van der Waals surface area contributed by atoms with Crippen molar-refractivity contribution in [2.75, 3.05) is 37.0 Å². The summed E-state index contributed by atoms with van der Waals surface area (Å²) in [6.45, 7) is 5.21. The number of urea groups is 1. The van der Waals surface area contributed by atoms with Crippen molar-refractivity contribution in [2.45, 2.75) is 32.7 Å². The monoisotopic (exact) mass is 367 g/mol. The second kappa shape index (κ2) is 7.42. The molecule has 3 heterocycles. The van der Waals surface area contributed by atoms with E-state index in [0.717, 1.165) is 53.8 Å². The van der Waals surface area contributed by atoms with Crippen molar-refractivity contribution in [1.82, 2.24) is 14.9 Å². The minimum Gasteiger partial charge on any atom is -0.497 e. The van der Waals surface area contributed by atoms with Gasteiger partial charge in [-0.25, -0.2) is 14.8 Å². The molecule has 2 aliphatic heterocycles. The molecule has 0 unspecified atom stereocenters. The van der Waals surface area contributed by atoms with Crippen LogP contribution >= 0.6 is 0 Å². The number of aromatic nitrogens is 2. The van der Waals surface area contributed by atoms with Crippen molar-refractivity contribution < 1.29 is 9.53 Å². The minimum absolute atomic E-state index is 0.0984. The highest BCUT2D eigenvalue weighted by atomic mass is 16.5. The average molecular weight is 367 g/mol. The number of nitrogens with one attached hydrogen (secondary N) is 1. The molecule has 4 rings (SSSR count). The van der Waals surface area contributed by atoms with Crippen LogP contribution in [0.1, 0.15) is 29.9 Å². The quantitative estimate of drug-likeness (QED) is 0.903. The number of nitrogens with zero attached hydrogens (tertiary/aromatic N) is 4. The number of hydrogen-bond donors (Lipinski definition) is 1. The Morgan fingerprint density at radius 3 is 2.56 bits per heavy atom. The predicted octanol–water partition coefficient (Wildman–Crippen LogP) is 2.98. The number of hydrogen-bond acceptors (Lipinski definition) is 5. The van der Waals surface area contributed by atoms with E-state index in [9.17, 15) is 4.79 Å². The summed E-state index contributed by atoms with van der Waals surface area (Å²) in [7, 11) is 1.63. The molecule has 0 saturated carbocycles. The molecule has 2 aromatic rings. The van der Waals surface area contributed by atoms with E-state index in [-0.39, 0.29) is 6.03 Å². The first-order valence-corrected chi connectivity index (χ1v) is 9.45. The van der Waals surface area contributed by atoms with Gasteiger partial charge in [0.25, 0.3) is 0 Å². The number of carbonyl (C=O) groups is 1. The van der Waals surface area contributed by atoms with Gasteiger partial charge in [-0.15, -0.1) is 0 Å². The van der Waals surface area contributed by atoms with E-state index < -0.39 is 0 Å². The average Bonchev–Trinajstić information content (AvgIpc) is 3.22. The molecule has 1 aromatic carbocycles. The second-order valence-electron chi connectivity index (χ2n) is 7.04. The van der Waals surface area contributed by atoms with Gasteiger partial charge in [-0.2, -0.15) is 0 Å². The van der Waals surface area contributed by atoms with Gasteiger partial charge < -0.3 is 19.9 Å². The van der Waals surface area contributed by atoms with Crippen LogP contribution in [0.4, 0.5) is 16.3 Å². The summed E-state index contributed by atoms with van der Waals surface area (Å²) < 4.78 is 5.16. The smallest absolute Gasteiger partial charge is 0.322 e. The SMILES string of the molecule is COc1ccc(NC(=O)N2CCc3nc(C)nc(N4CCCC4)c3C2)cc1. The van der Waals surface area contributed by atoms with Gasteiger partial charge in [0.05, 0.1) is 19.3 Å². The molecule has 7 nitrogen and oxygen atoms in total. The Kier molecular flexibility index (Phi) is 4.83. The van der Waals surface area contributed by atoms with Crippen molar-refractivity contribution in [1.29, 1.82) is 0 Å². The molecule has 142 valence electrons. The minimum atomic E-state index is -0.0984. The second-order valence-corrected chi connectivity index (χ2v) is 7.04. The summed E-state index contributed by atoms with van der Waals surface area (Å²) in [5, 5.41) is 2.97. The van der Waals surface area contributed by atoms with E-state index in [4.69, 9.17) is 9.72 Å². The van der Waals surface area contributed by atoms with E-state index in [1.807, 2.05) is 36.1 Å². The summed E-state index contributed by atoms with van der Waals surface area (Å²) in [6.07, 6.45) is 3.15. The molecule has 0 aliphatic carbocycles. The first-order valence-electron chi connectivity index (χ1n) is 9.45. The van der Waals surface area contributed by atoms with E-state index in [2.05, 4.69) is 15.2 Å². The van der Waals surface area contributed by atoms with Crippen LogP contribution in [-0.4, -0.2) is 47.6 Å². The van der Waals surface area contributed by atoms with Crippen LogP contribution in [0.5, 0.6) is 5.75 Å². The molecule has 0 atom stereocenters. The molecular formula is C20H25N5O2. The zero-order chi connectivity index (χ0) is 18.8. The Morgan fingerprint density at radius 1 is 1.11 bits per heavy atom. The standard InChI is InChI=1S/C20H25N5O2/c1-14-21-18-9-12-25(13-17(18)19(22-14)24-10-3-4-11-24)20(26)23-15-5-7-16(27-2)8-6-15/h5-8H,3-4,9-13H2,1-2H3,(H,23,26). The number of rotatable bonds is 3. The van der Waals surface area contributed by atoms with Crippen molar-refractivity contribution in [2.24, 2.45) is 0 Å². The van der Waals surface area contributed by atoms with Gasteiger partial charge >= 0.3 is 6.03 Å². The van der Waals surface area contributed by atoms with Crippen LogP contribution in [0.2, 0.25) is 0 Å². The van der Waals surface area contributed by atoms with Gasteiger partial charge in [0, 0.05) is 37.3 Å². The van der Waals surface area contributed by atoms with Gasteiger partial charge in [-0.3, -0.25) is 0 Å². The molecule has 0 radical (unpaired) electrons. The molecule has 7 heteroatoms. The Labute approximate surface area is 159 Å². The molecule has 1 aromatic heterocycles. The third kappa shape index (κ3) is 3.67. The van der Waals surface area contributed by atoms with E-state index in [0.29, 0.717) is 13.1 Å². The number of carbonyl (C=O) groups excluding carboxylic acids is 1. The normalized spacial score (nSPS) is 16.2. The lowest BCUT2D eigenvalue weighted by Crippen LogP contribution is -2.40. The largest absolute Gasteiger partial charge is 0.497 e. The van der Waals surface area contributed by atoms with E-state index in [1.165, 1.54) is 12.8 Å².